The molecule has 1 aromatic carbocycles. The van der Waals surface area contributed by atoms with Crippen molar-refractivity contribution in [3.63, 3.8) is 0 Å². The van der Waals surface area contributed by atoms with Crippen molar-refractivity contribution < 1.29 is 4.74 Å². The second-order valence-corrected chi connectivity index (χ2v) is 5.43. The molecular formula is C15H23N3O. The molecule has 1 aromatic rings. The summed E-state index contributed by atoms with van der Waals surface area (Å²) in [4.78, 5) is 5.03. The maximum absolute atomic E-state index is 6.06. The molecule has 2 heterocycles. The maximum Gasteiger partial charge on any atom is 0.0600 e. The van der Waals surface area contributed by atoms with E-state index in [4.69, 9.17) is 10.5 Å². The molecule has 19 heavy (non-hydrogen) atoms. The van der Waals surface area contributed by atoms with Crippen LogP contribution in [0.25, 0.3) is 0 Å². The molecular weight excluding hydrogens is 238 g/mol. The minimum Gasteiger partial charge on any atom is -0.397 e. The van der Waals surface area contributed by atoms with Gasteiger partial charge in [-0.05, 0) is 25.0 Å². The third-order valence-electron chi connectivity index (χ3n) is 4.30. The molecule has 2 aliphatic heterocycles. The van der Waals surface area contributed by atoms with E-state index in [0.717, 1.165) is 51.1 Å². The molecule has 3 rings (SSSR count). The van der Waals surface area contributed by atoms with E-state index in [2.05, 4.69) is 21.9 Å². The molecule has 0 radical (unpaired) electrons. The van der Waals surface area contributed by atoms with E-state index in [9.17, 15) is 0 Å². The Balaban J connectivity index is 1.58. The first-order valence-corrected chi connectivity index (χ1v) is 7.26. The number of ether oxygens (including phenoxy) is 1. The number of benzene rings is 1. The van der Waals surface area contributed by atoms with Gasteiger partial charge in [0.1, 0.15) is 0 Å². The molecule has 4 nitrogen and oxygen atoms in total. The summed E-state index contributed by atoms with van der Waals surface area (Å²) in [7, 11) is 0. The monoisotopic (exact) mass is 261 g/mol. The fourth-order valence-electron chi connectivity index (χ4n) is 3.15. The van der Waals surface area contributed by atoms with Crippen LogP contribution in [0.1, 0.15) is 12.8 Å². The van der Waals surface area contributed by atoms with Crippen molar-refractivity contribution in [2.45, 2.75) is 18.9 Å². The van der Waals surface area contributed by atoms with E-state index >= 15 is 0 Å². The van der Waals surface area contributed by atoms with Crippen LogP contribution in [0.3, 0.4) is 0 Å². The highest BCUT2D eigenvalue weighted by Gasteiger charge is 2.25. The van der Waals surface area contributed by atoms with Crippen LogP contribution in [0, 0.1) is 0 Å². The molecule has 0 spiro atoms. The molecule has 0 unspecified atom stereocenters. The maximum atomic E-state index is 6.06. The molecule has 0 amide bonds. The average molecular weight is 261 g/mol. The van der Waals surface area contributed by atoms with Crippen molar-refractivity contribution in [1.82, 2.24) is 4.90 Å². The molecule has 0 aromatic heterocycles. The van der Waals surface area contributed by atoms with E-state index in [1.165, 1.54) is 18.5 Å². The lowest BCUT2D eigenvalue weighted by atomic mass is 10.1. The lowest BCUT2D eigenvalue weighted by Crippen LogP contribution is -2.51. The first-order valence-electron chi connectivity index (χ1n) is 7.26. The van der Waals surface area contributed by atoms with Gasteiger partial charge in [-0.3, -0.25) is 4.90 Å². The quantitative estimate of drug-likeness (QED) is 0.821. The Hall–Kier alpha value is -1.26. The number of hydrogen-bond acceptors (Lipinski definition) is 4. The van der Waals surface area contributed by atoms with Crippen LogP contribution in [-0.2, 0) is 4.74 Å². The van der Waals surface area contributed by atoms with Gasteiger partial charge in [0.05, 0.1) is 11.4 Å². The molecule has 0 bridgehead atoms. The topological polar surface area (TPSA) is 41.7 Å². The van der Waals surface area contributed by atoms with Gasteiger partial charge in [0.25, 0.3) is 0 Å². The van der Waals surface area contributed by atoms with Gasteiger partial charge in [-0.2, -0.15) is 0 Å². The minimum absolute atomic E-state index is 0.726. The molecule has 0 atom stereocenters. The van der Waals surface area contributed by atoms with Crippen LogP contribution < -0.4 is 10.6 Å². The third-order valence-corrected chi connectivity index (χ3v) is 4.30. The predicted octanol–water partition coefficient (Wildman–Crippen LogP) is 1.57. The van der Waals surface area contributed by atoms with Crippen molar-refractivity contribution in [1.29, 1.82) is 0 Å². The molecule has 2 aliphatic rings. The van der Waals surface area contributed by atoms with Crippen LogP contribution in [-0.4, -0.2) is 50.3 Å². The van der Waals surface area contributed by atoms with Gasteiger partial charge < -0.3 is 15.4 Å². The number of piperazine rings is 1. The molecule has 104 valence electrons. The van der Waals surface area contributed by atoms with Crippen LogP contribution in [0.2, 0.25) is 0 Å². The number of anilines is 2. The largest absolute Gasteiger partial charge is 0.397 e. The van der Waals surface area contributed by atoms with Gasteiger partial charge in [0.2, 0.25) is 0 Å². The van der Waals surface area contributed by atoms with Gasteiger partial charge in [-0.15, -0.1) is 0 Å². The summed E-state index contributed by atoms with van der Waals surface area (Å²) in [6.45, 7) is 6.28. The van der Waals surface area contributed by atoms with Crippen LogP contribution in [0.15, 0.2) is 24.3 Å². The number of nitrogens with two attached hydrogens (primary N) is 1. The summed E-state index contributed by atoms with van der Waals surface area (Å²) < 4.78 is 5.44. The van der Waals surface area contributed by atoms with E-state index in [1.54, 1.807) is 0 Å². The highest BCUT2D eigenvalue weighted by molar-refractivity contribution is 5.67. The summed E-state index contributed by atoms with van der Waals surface area (Å²) in [6, 6.07) is 8.90. The lowest BCUT2D eigenvalue weighted by molar-refractivity contribution is 0.0321. The summed E-state index contributed by atoms with van der Waals surface area (Å²) in [5.74, 6) is 0. The molecule has 2 fully saturated rings. The molecule has 2 saturated heterocycles. The van der Waals surface area contributed by atoms with Crippen LogP contribution in [0.4, 0.5) is 11.4 Å². The molecule has 0 aliphatic carbocycles. The molecule has 2 N–H and O–H groups in total. The number of para-hydroxylation sites is 2. The summed E-state index contributed by atoms with van der Waals surface area (Å²) in [5.41, 5.74) is 8.14. The Bertz CT molecular complexity index is 410. The Kier molecular flexibility index (Phi) is 3.89. The number of hydrogen-bond donors (Lipinski definition) is 1. The third kappa shape index (κ3) is 2.85. The van der Waals surface area contributed by atoms with Crippen molar-refractivity contribution in [2.24, 2.45) is 0 Å². The Morgan fingerprint density at radius 1 is 1.00 bits per heavy atom. The van der Waals surface area contributed by atoms with Gasteiger partial charge in [-0.1, -0.05) is 12.1 Å². The highest BCUT2D eigenvalue weighted by Crippen LogP contribution is 2.25. The predicted molar refractivity (Wildman–Crippen MR) is 78.5 cm³/mol. The lowest BCUT2D eigenvalue weighted by Gasteiger charge is -2.41. The van der Waals surface area contributed by atoms with Crippen LogP contribution in [0.5, 0.6) is 0 Å². The first-order chi connectivity index (χ1) is 9.34. The minimum atomic E-state index is 0.726. The SMILES string of the molecule is Nc1ccccc1N1CCN(C2CCOCC2)CC1. The van der Waals surface area contributed by atoms with Gasteiger partial charge in [0, 0.05) is 45.4 Å². The Morgan fingerprint density at radius 3 is 2.37 bits per heavy atom. The zero-order chi connectivity index (χ0) is 13.1. The smallest absolute Gasteiger partial charge is 0.0600 e. The zero-order valence-corrected chi connectivity index (χ0v) is 11.4. The number of nitrogen functional groups attached to an aromatic ring is 1. The fraction of sp³-hybridized carbons (Fsp3) is 0.600. The number of nitrogens with zero attached hydrogens (tertiary/aromatic N) is 2. The van der Waals surface area contributed by atoms with E-state index in [1.807, 2.05) is 12.1 Å². The summed E-state index contributed by atoms with van der Waals surface area (Å²) in [5, 5.41) is 0. The second-order valence-electron chi connectivity index (χ2n) is 5.43. The normalized spacial score (nSPS) is 22.6. The van der Waals surface area contributed by atoms with E-state index in [-0.39, 0.29) is 0 Å². The van der Waals surface area contributed by atoms with E-state index in [0.29, 0.717) is 0 Å². The average Bonchev–Trinajstić information content (AvgIpc) is 2.49. The molecule has 4 heteroatoms. The van der Waals surface area contributed by atoms with Crippen LogP contribution >= 0.6 is 0 Å². The van der Waals surface area contributed by atoms with Crippen molar-refractivity contribution >= 4 is 11.4 Å². The Morgan fingerprint density at radius 2 is 1.68 bits per heavy atom. The Labute approximate surface area is 115 Å². The first kappa shape index (κ1) is 12.8. The second kappa shape index (κ2) is 5.80. The van der Waals surface area contributed by atoms with Gasteiger partial charge >= 0.3 is 0 Å². The van der Waals surface area contributed by atoms with Gasteiger partial charge in [-0.25, -0.2) is 0 Å². The standard InChI is InChI=1S/C15H23N3O/c16-14-3-1-2-4-15(14)18-9-7-17(8-10-18)13-5-11-19-12-6-13/h1-4,13H,5-12,16H2. The fourth-order valence-corrected chi connectivity index (χ4v) is 3.15. The van der Waals surface area contributed by atoms with Gasteiger partial charge in [0.15, 0.2) is 0 Å². The van der Waals surface area contributed by atoms with Crippen molar-refractivity contribution in [3.8, 4) is 0 Å². The zero-order valence-electron chi connectivity index (χ0n) is 11.4. The van der Waals surface area contributed by atoms with E-state index < -0.39 is 0 Å². The summed E-state index contributed by atoms with van der Waals surface area (Å²) in [6.07, 6.45) is 2.38. The summed E-state index contributed by atoms with van der Waals surface area (Å²) >= 11 is 0. The molecule has 0 saturated carbocycles. The van der Waals surface area contributed by atoms with Crippen molar-refractivity contribution in [2.75, 3.05) is 50.0 Å². The highest BCUT2D eigenvalue weighted by atomic mass is 16.5. The van der Waals surface area contributed by atoms with Crippen molar-refractivity contribution in [3.05, 3.63) is 24.3 Å². The number of rotatable bonds is 2.